The number of hydrazone groups is 1. The zero-order valence-corrected chi connectivity index (χ0v) is 16.1. The largest absolute Gasteiger partial charge is 0.497 e. The molecule has 0 aromatic heterocycles. The van der Waals surface area contributed by atoms with Crippen LogP contribution in [0.1, 0.15) is 18.1 Å². The molecule has 0 aliphatic carbocycles. The van der Waals surface area contributed by atoms with E-state index in [4.69, 9.17) is 14.2 Å². The molecular formula is C20H21N3O5. The SMILES string of the molecule is COc1ccc(C2(C)NC(=O)N(/N=C/c3ccc(OC)c(OC)c3)C2=O)cc1. The number of urea groups is 1. The molecule has 1 N–H and O–H groups in total. The molecule has 1 saturated heterocycles. The first kappa shape index (κ1) is 19.2. The summed E-state index contributed by atoms with van der Waals surface area (Å²) in [5.41, 5.74) is 0.0740. The lowest BCUT2D eigenvalue weighted by Gasteiger charge is -2.21. The van der Waals surface area contributed by atoms with E-state index >= 15 is 0 Å². The van der Waals surface area contributed by atoms with Crippen LogP contribution in [0.15, 0.2) is 47.6 Å². The van der Waals surface area contributed by atoms with Gasteiger partial charge >= 0.3 is 6.03 Å². The molecule has 146 valence electrons. The second-order valence-corrected chi connectivity index (χ2v) is 6.26. The predicted molar refractivity (Wildman–Crippen MR) is 103 cm³/mol. The minimum absolute atomic E-state index is 0.473. The van der Waals surface area contributed by atoms with Gasteiger partial charge in [-0.2, -0.15) is 5.10 Å². The zero-order chi connectivity index (χ0) is 20.3. The van der Waals surface area contributed by atoms with Crippen molar-refractivity contribution in [1.82, 2.24) is 10.3 Å². The normalized spacial score (nSPS) is 19.1. The van der Waals surface area contributed by atoms with E-state index in [1.165, 1.54) is 13.3 Å². The molecule has 1 fully saturated rings. The molecule has 1 aliphatic rings. The number of nitrogens with zero attached hydrogens (tertiary/aromatic N) is 2. The van der Waals surface area contributed by atoms with Crippen molar-refractivity contribution in [2.24, 2.45) is 5.10 Å². The molecule has 0 bridgehead atoms. The first-order valence-corrected chi connectivity index (χ1v) is 8.50. The van der Waals surface area contributed by atoms with Crippen LogP contribution in [-0.4, -0.2) is 44.5 Å². The number of ether oxygens (including phenoxy) is 3. The minimum Gasteiger partial charge on any atom is -0.497 e. The van der Waals surface area contributed by atoms with Gasteiger partial charge in [-0.15, -0.1) is 5.01 Å². The van der Waals surface area contributed by atoms with E-state index in [9.17, 15) is 9.59 Å². The Morgan fingerprint density at radius 2 is 1.64 bits per heavy atom. The van der Waals surface area contributed by atoms with Crippen molar-refractivity contribution >= 4 is 18.2 Å². The number of imide groups is 1. The van der Waals surface area contributed by atoms with Gasteiger partial charge in [-0.05, 0) is 48.4 Å². The van der Waals surface area contributed by atoms with E-state index < -0.39 is 17.5 Å². The van der Waals surface area contributed by atoms with E-state index in [0.717, 1.165) is 5.01 Å². The summed E-state index contributed by atoms with van der Waals surface area (Å²) >= 11 is 0. The van der Waals surface area contributed by atoms with Gasteiger partial charge in [0, 0.05) is 0 Å². The maximum Gasteiger partial charge on any atom is 0.346 e. The quantitative estimate of drug-likeness (QED) is 0.612. The van der Waals surface area contributed by atoms with E-state index in [0.29, 0.717) is 28.4 Å². The van der Waals surface area contributed by atoms with Crippen LogP contribution in [0.25, 0.3) is 0 Å². The standard InChI is InChI=1S/C20H21N3O5/c1-20(14-6-8-15(26-2)9-7-14)18(24)23(19(25)22-20)21-12-13-5-10-16(27-3)17(11-13)28-4/h5-12H,1-4H3,(H,22,25)/b21-12+. The highest BCUT2D eigenvalue weighted by Crippen LogP contribution is 2.30. The Labute approximate surface area is 162 Å². The van der Waals surface area contributed by atoms with E-state index in [1.54, 1.807) is 63.6 Å². The molecule has 1 atom stereocenters. The maximum atomic E-state index is 12.9. The molecule has 2 aromatic carbocycles. The lowest BCUT2D eigenvalue weighted by molar-refractivity contribution is -0.131. The lowest BCUT2D eigenvalue weighted by Crippen LogP contribution is -2.40. The molecule has 3 amide bonds. The first-order valence-electron chi connectivity index (χ1n) is 8.50. The van der Waals surface area contributed by atoms with Gasteiger partial charge in [0.25, 0.3) is 5.91 Å². The Balaban J connectivity index is 1.84. The van der Waals surface area contributed by atoms with E-state index in [2.05, 4.69) is 10.4 Å². The number of carbonyl (C=O) groups excluding carboxylic acids is 2. The topological polar surface area (TPSA) is 89.5 Å². The third-order valence-corrected chi connectivity index (χ3v) is 4.57. The number of carbonyl (C=O) groups is 2. The summed E-state index contributed by atoms with van der Waals surface area (Å²) in [5, 5.41) is 7.59. The van der Waals surface area contributed by atoms with Crippen LogP contribution in [0.5, 0.6) is 17.2 Å². The first-order chi connectivity index (χ1) is 13.4. The zero-order valence-electron chi connectivity index (χ0n) is 16.1. The summed E-state index contributed by atoms with van der Waals surface area (Å²) in [4.78, 5) is 25.2. The van der Waals surface area contributed by atoms with Crippen molar-refractivity contribution in [2.75, 3.05) is 21.3 Å². The van der Waals surface area contributed by atoms with Crippen molar-refractivity contribution in [3.8, 4) is 17.2 Å². The number of rotatable bonds is 6. The van der Waals surface area contributed by atoms with Gasteiger partial charge in [0.05, 0.1) is 27.5 Å². The van der Waals surface area contributed by atoms with Crippen molar-refractivity contribution in [1.29, 1.82) is 0 Å². The van der Waals surface area contributed by atoms with E-state index in [-0.39, 0.29) is 0 Å². The van der Waals surface area contributed by atoms with Crippen LogP contribution >= 0.6 is 0 Å². The number of benzene rings is 2. The smallest absolute Gasteiger partial charge is 0.346 e. The number of hydrogen-bond acceptors (Lipinski definition) is 6. The summed E-state index contributed by atoms with van der Waals surface area (Å²) in [5.74, 6) is 1.28. The van der Waals surface area contributed by atoms with Crippen molar-refractivity contribution in [2.45, 2.75) is 12.5 Å². The Bertz CT molecular complexity index is 926. The van der Waals surface area contributed by atoms with Crippen LogP contribution in [-0.2, 0) is 10.3 Å². The van der Waals surface area contributed by atoms with Crippen molar-refractivity contribution in [3.05, 3.63) is 53.6 Å². The Hall–Kier alpha value is -3.55. The van der Waals surface area contributed by atoms with Gasteiger partial charge in [0.15, 0.2) is 11.5 Å². The highest BCUT2D eigenvalue weighted by atomic mass is 16.5. The molecule has 3 rings (SSSR count). The molecular weight excluding hydrogens is 362 g/mol. The number of nitrogens with one attached hydrogen (secondary N) is 1. The molecule has 0 spiro atoms. The van der Waals surface area contributed by atoms with E-state index in [1.807, 2.05) is 0 Å². The summed E-state index contributed by atoms with van der Waals surface area (Å²) in [7, 11) is 4.62. The monoisotopic (exact) mass is 383 g/mol. The molecule has 1 unspecified atom stereocenters. The maximum absolute atomic E-state index is 12.9. The van der Waals surface area contributed by atoms with Gasteiger partial charge in [0.1, 0.15) is 11.3 Å². The fraction of sp³-hybridized carbons (Fsp3) is 0.250. The third-order valence-electron chi connectivity index (χ3n) is 4.57. The van der Waals surface area contributed by atoms with Gasteiger partial charge in [-0.1, -0.05) is 12.1 Å². The lowest BCUT2D eigenvalue weighted by atomic mass is 9.92. The number of hydrogen-bond donors (Lipinski definition) is 1. The van der Waals surface area contributed by atoms with Gasteiger partial charge in [0.2, 0.25) is 0 Å². The van der Waals surface area contributed by atoms with Crippen molar-refractivity contribution in [3.63, 3.8) is 0 Å². The Morgan fingerprint density at radius 3 is 2.25 bits per heavy atom. The summed E-state index contributed by atoms with van der Waals surface area (Å²) in [6.45, 7) is 1.64. The van der Waals surface area contributed by atoms with Crippen LogP contribution in [0, 0.1) is 0 Å². The molecule has 8 heteroatoms. The summed E-state index contributed by atoms with van der Waals surface area (Å²) < 4.78 is 15.6. The van der Waals surface area contributed by atoms with Gasteiger partial charge < -0.3 is 19.5 Å². The highest BCUT2D eigenvalue weighted by molar-refractivity contribution is 6.07. The Kier molecular flexibility index (Phi) is 5.21. The molecule has 8 nitrogen and oxygen atoms in total. The second-order valence-electron chi connectivity index (χ2n) is 6.26. The second kappa shape index (κ2) is 7.59. The van der Waals surface area contributed by atoms with Crippen molar-refractivity contribution < 1.29 is 23.8 Å². The average molecular weight is 383 g/mol. The minimum atomic E-state index is -1.21. The van der Waals surface area contributed by atoms with Crippen LogP contribution in [0.4, 0.5) is 4.79 Å². The van der Waals surface area contributed by atoms with Crippen LogP contribution in [0.2, 0.25) is 0 Å². The predicted octanol–water partition coefficient (Wildman–Crippen LogP) is 2.51. The van der Waals surface area contributed by atoms with Crippen LogP contribution in [0.3, 0.4) is 0 Å². The average Bonchev–Trinajstić information content (AvgIpc) is 2.95. The number of methoxy groups -OCH3 is 3. The fourth-order valence-electron chi connectivity index (χ4n) is 2.91. The third kappa shape index (κ3) is 3.36. The number of amides is 3. The molecule has 0 saturated carbocycles. The molecule has 0 radical (unpaired) electrons. The molecule has 28 heavy (non-hydrogen) atoms. The summed E-state index contributed by atoms with van der Waals surface area (Å²) in [6.07, 6.45) is 1.42. The fourth-order valence-corrected chi connectivity index (χ4v) is 2.91. The molecule has 2 aromatic rings. The summed E-state index contributed by atoms with van der Waals surface area (Å²) in [6, 6.07) is 11.5. The van der Waals surface area contributed by atoms with Gasteiger partial charge in [-0.3, -0.25) is 4.79 Å². The van der Waals surface area contributed by atoms with Gasteiger partial charge in [-0.25, -0.2) is 4.79 Å². The highest BCUT2D eigenvalue weighted by Gasteiger charge is 2.49. The molecule has 1 aliphatic heterocycles. The van der Waals surface area contributed by atoms with Crippen LogP contribution < -0.4 is 19.5 Å². The molecule has 1 heterocycles. The Morgan fingerprint density at radius 1 is 0.964 bits per heavy atom.